The third kappa shape index (κ3) is 4.34. The Hall–Kier alpha value is -7.04. The third-order valence-electron chi connectivity index (χ3n) is 10.4. The van der Waals surface area contributed by atoms with Gasteiger partial charge in [-0.2, -0.15) is 0 Å². The summed E-state index contributed by atoms with van der Waals surface area (Å²) < 4.78 is 15.5. The molecule has 11 rings (SSSR count). The van der Waals surface area contributed by atoms with Gasteiger partial charge >= 0.3 is 0 Å². The van der Waals surface area contributed by atoms with Crippen LogP contribution in [0, 0.1) is 0 Å². The fourth-order valence-corrected chi connectivity index (χ4v) is 7.99. The number of ether oxygens (including phenoxy) is 1. The molecule has 1 aliphatic heterocycles. The van der Waals surface area contributed by atoms with Crippen molar-refractivity contribution < 1.29 is 9.15 Å². The van der Waals surface area contributed by atoms with Crippen molar-refractivity contribution in [1.82, 2.24) is 4.57 Å². The number of hydrogen-bond donors (Lipinski definition) is 0. The standard InChI is InChI=1S/C48H30N2O2/c1-2-12-31(13-3-1)32-14-10-15-35(28-32)49-42-20-7-9-23-46(42)51-47-30-34(25-27-43(47)49)33-24-26-41-39(29-33)36-16-4-6-19-40(36)50(41)44-21-11-18-38-37-17-5-8-22-45(37)52-48(38)44/h1-30H. The van der Waals surface area contributed by atoms with E-state index in [2.05, 4.69) is 167 Å². The van der Waals surface area contributed by atoms with Crippen molar-refractivity contribution in [2.45, 2.75) is 0 Å². The monoisotopic (exact) mass is 666 g/mol. The summed E-state index contributed by atoms with van der Waals surface area (Å²) in [6.07, 6.45) is 0. The van der Waals surface area contributed by atoms with Gasteiger partial charge in [0, 0.05) is 27.2 Å². The first-order valence-electron chi connectivity index (χ1n) is 17.6. The first-order chi connectivity index (χ1) is 25.8. The largest absolute Gasteiger partial charge is 0.454 e. The predicted octanol–water partition coefficient (Wildman–Crippen LogP) is 13.6. The van der Waals surface area contributed by atoms with E-state index in [1.807, 2.05) is 24.3 Å². The molecule has 0 saturated carbocycles. The topological polar surface area (TPSA) is 30.5 Å². The van der Waals surface area contributed by atoms with Crippen molar-refractivity contribution in [2.24, 2.45) is 0 Å². The van der Waals surface area contributed by atoms with E-state index in [0.29, 0.717) is 0 Å². The molecular weight excluding hydrogens is 637 g/mol. The summed E-state index contributed by atoms with van der Waals surface area (Å²) in [5, 5.41) is 4.62. The zero-order valence-electron chi connectivity index (χ0n) is 28.0. The first-order valence-corrected chi connectivity index (χ1v) is 17.6. The van der Waals surface area contributed by atoms with Gasteiger partial charge in [0.15, 0.2) is 17.1 Å². The Labute approximate surface area is 300 Å². The lowest BCUT2D eigenvalue weighted by atomic mass is 10.0. The van der Waals surface area contributed by atoms with Gasteiger partial charge in [0.25, 0.3) is 0 Å². The van der Waals surface area contributed by atoms with Crippen LogP contribution in [0.1, 0.15) is 0 Å². The molecule has 4 heteroatoms. The number of aromatic nitrogens is 1. The van der Waals surface area contributed by atoms with Crippen LogP contribution in [0.3, 0.4) is 0 Å². The Balaban J connectivity index is 1.05. The van der Waals surface area contributed by atoms with E-state index in [9.17, 15) is 0 Å². The highest BCUT2D eigenvalue weighted by molar-refractivity contribution is 6.13. The van der Waals surface area contributed by atoms with E-state index in [1.54, 1.807) is 0 Å². The van der Waals surface area contributed by atoms with E-state index in [-0.39, 0.29) is 0 Å². The molecule has 0 saturated heterocycles. The lowest BCUT2D eigenvalue weighted by molar-refractivity contribution is 0.477. The normalized spacial score (nSPS) is 12.3. The molecule has 8 aromatic carbocycles. The highest BCUT2D eigenvalue weighted by atomic mass is 16.5. The van der Waals surface area contributed by atoms with Gasteiger partial charge in [0.2, 0.25) is 0 Å². The summed E-state index contributed by atoms with van der Waals surface area (Å²) in [5.41, 5.74) is 12.8. The summed E-state index contributed by atoms with van der Waals surface area (Å²) in [5.74, 6) is 1.65. The second-order valence-corrected chi connectivity index (χ2v) is 13.3. The van der Waals surface area contributed by atoms with Crippen molar-refractivity contribution in [3.05, 3.63) is 182 Å². The van der Waals surface area contributed by atoms with Gasteiger partial charge in [-0.25, -0.2) is 0 Å². The molecule has 52 heavy (non-hydrogen) atoms. The molecule has 0 aliphatic carbocycles. The molecule has 4 nitrogen and oxygen atoms in total. The van der Waals surface area contributed by atoms with Gasteiger partial charge < -0.3 is 18.6 Å². The number of furan rings is 1. The molecule has 3 heterocycles. The maximum Gasteiger partial charge on any atom is 0.159 e. The SMILES string of the molecule is c1ccc(-c2cccc(N3c4ccccc4Oc4cc(-c5ccc6c(c5)c5ccccc5n6-c5cccc6c5oc5ccccc56)ccc43)c2)cc1. The molecule has 0 radical (unpaired) electrons. The van der Waals surface area contributed by atoms with Crippen LogP contribution in [0.15, 0.2) is 186 Å². The van der Waals surface area contributed by atoms with Gasteiger partial charge in [0.05, 0.1) is 28.1 Å². The van der Waals surface area contributed by atoms with Gasteiger partial charge in [-0.1, -0.05) is 115 Å². The third-order valence-corrected chi connectivity index (χ3v) is 10.4. The minimum Gasteiger partial charge on any atom is -0.454 e. The number of nitrogens with zero attached hydrogens (tertiary/aromatic N) is 2. The highest BCUT2D eigenvalue weighted by Crippen LogP contribution is 2.52. The molecule has 0 N–H and O–H groups in total. The molecule has 0 spiro atoms. The Morgan fingerprint density at radius 2 is 1.02 bits per heavy atom. The lowest BCUT2D eigenvalue weighted by Crippen LogP contribution is -2.15. The minimum atomic E-state index is 0.820. The van der Waals surface area contributed by atoms with Gasteiger partial charge in [-0.3, -0.25) is 0 Å². The van der Waals surface area contributed by atoms with Crippen LogP contribution >= 0.6 is 0 Å². The molecule has 0 unspecified atom stereocenters. The quantitative estimate of drug-likeness (QED) is 0.187. The van der Waals surface area contributed by atoms with E-state index in [1.165, 1.54) is 21.9 Å². The first kappa shape index (κ1) is 28.8. The maximum absolute atomic E-state index is 6.64. The van der Waals surface area contributed by atoms with Crippen molar-refractivity contribution in [2.75, 3.05) is 4.90 Å². The van der Waals surface area contributed by atoms with Crippen LogP contribution in [-0.2, 0) is 0 Å². The molecule has 0 bridgehead atoms. The van der Waals surface area contributed by atoms with Crippen LogP contribution in [0.4, 0.5) is 17.1 Å². The fourth-order valence-electron chi connectivity index (χ4n) is 7.99. The van der Waals surface area contributed by atoms with E-state index < -0.39 is 0 Å². The summed E-state index contributed by atoms with van der Waals surface area (Å²) in [7, 11) is 0. The minimum absolute atomic E-state index is 0.820. The van der Waals surface area contributed by atoms with Crippen LogP contribution in [0.25, 0.3) is 71.7 Å². The smallest absolute Gasteiger partial charge is 0.159 e. The molecule has 244 valence electrons. The Kier molecular flexibility index (Phi) is 6.22. The Morgan fingerprint density at radius 3 is 1.96 bits per heavy atom. The van der Waals surface area contributed by atoms with Crippen molar-refractivity contribution in [1.29, 1.82) is 0 Å². The van der Waals surface area contributed by atoms with Crippen molar-refractivity contribution in [3.8, 4) is 39.4 Å². The lowest BCUT2D eigenvalue weighted by Gasteiger charge is -2.33. The van der Waals surface area contributed by atoms with Crippen LogP contribution in [0.5, 0.6) is 11.5 Å². The van der Waals surface area contributed by atoms with Gasteiger partial charge in [0.1, 0.15) is 5.58 Å². The summed E-state index contributed by atoms with van der Waals surface area (Å²) in [6, 6.07) is 64.2. The number of rotatable bonds is 4. The van der Waals surface area contributed by atoms with Crippen molar-refractivity contribution in [3.63, 3.8) is 0 Å². The zero-order chi connectivity index (χ0) is 34.2. The summed E-state index contributed by atoms with van der Waals surface area (Å²) in [4.78, 5) is 2.31. The fraction of sp³-hybridized carbons (Fsp3) is 0. The van der Waals surface area contributed by atoms with Crippen LogP contribution in [0.2, 0.25) is 0 Å². The molecule has 10 aromatic rings. The summed E-state index contributed by atoms with van der Waals surface area (Å²) >= 11 is 0. The highest BCUT2D eigenvalue weighted by Gasteiger charge is 2.27. The van der Waals surface area contributed by atoms with E-state index in [0.717, 1.165) is 78.3 Å². The molecule has 0 atom stereocenters. The van der Waals surface area contributed by atoms with Gasteiger partial charge in [-0.15, -0.1) is 0 Å². The van der Waals surface area contributed by atoms with E-state index >= 15 is 0 Å². The predicted molar refractivity (Wildman–Crippen MR) is 214 cm³/mol. The number of anilines is 3. The molecular formula is C48H30N2O2. The average Bonchev–Trinajstić information content (AvgIpc) is 3.76. The van der Waals surface area contributed by atoms with Crippen LogP contribution < -0.4 is 9.64 Å². The van der Waals surface area contributed by atoms with Crippen molar-refractivity contribution >= 4 is 60.8 Å². The second-order valence-electron chi connectivity index (χ2n) is 13.3. The number of hydrogen-bond acceptors (Lipinski definition) is 3. The molecule has 1 aliphatic rings. The van der Waals surface area contributed by atoms with Crippen LogP contribution in [-0.4, -0.2) is 4.57 Å². The Bertz CT molecular complexity index is 3010. The number of para-hydroxylation sites is 5. The summed E-state index contributed by atoms with van der Waals surface area (Å²) in [6.45, 7) is 0. The number of benzene rings is 8. The Morgan fingerprint density at radius 1 is 0.365 bits per heavy atom. The maximum atomic E-state index is 6.64. The van der Waals surface area contributed by atoms with Gasteiger partial charge in [-0.05, 0) is 89.0 Å². The number of fused-ring (bicyclic) bond motifs is 8. The molecule has 0 amide bonds. The molecule has 0 fully saturated rings. The second kappa shape index (κ2) is 11.2. The molecule has 2 aromatic heterocycles. The zero-order valence-corrected chi connectivity index (χ0v) is 28.0. The van der Waals surface area contributed by atoms with E-state index in [4.69, 9.17) is 9.15 Å². The average molecular weight is 667 g/mol.